The third-order valence-electron chi connectivity index (χ3n) is 3.56. The molecule has 0 amide bonds. The van der Waals surface area contributed by atoms with E-state index >= 15 is 0 Å². The van der Waals surface area contributed by atoms with Crippen molar-refractivity contribution in [2.75, 3.05) is 13.2 Å². The summed E-state index contributed by atoms with van der Waals surface area (Å²) in [5.74, 6) is 0.888. The molecule has 0 unspecified atom stereocenters. The molecule has 0 saturated heterocycles. The summed E-state index contributed by atoms with van der Waals surface area (Å²) in [6.45, 7) is 12.2. The average Bonchev–Trinajstić information content (AvgIpc) is 2.57. The Kier molecular flexibility index (Phi) is 4.55. The van der Waals surface area contributed by atoms with Crippen LogP contribution in [-0.4, -0.2) is 27.3 Å². The van der Waals surface area contributed by atoms with E-state index in [9.17, 15) is 4.79 Å². The Balaban J connectivity index is 2.25. The van der Waals surface area contributed by atoms with Crippen molar-refractivity contribution >= 4 is 14.1 Å². The van der Waals surface area contributed by atoms with Gasteiger partial charge in [-0.2, -0.15) is 0 Å². The van der Waals surface area contributed by atoms with Gasteiger partial charge in [0.2, 0.25) is 0 Å². The largest absolute Gasteiger partial charge is 0.490 e. The molecule has 1 aliphatic rings. The molecule has 0 aromatic carbocycles. The molecule has 0 N–H and O–H groups in total. The maximum absolute atomic E-state index is 11.0. The Morgan fingerprint density at radius 1 is 1.41 bits per heavy atom. The van der Waals surface area contributed by atoms with Crippen molar-refractivity contribution in [1.29, 1.82) is 0 Å². The smallest absolute Gasteiger partial charge is 0.196 e. The molecular weight excluding hydrogens is 232 g/mol. The first-order valence-electron chi connectivity index (χ1n) is 6.22. The quantitative estimate of drug-likeness (QED) is 0.559. The van der Waals surface area contributed by atoms with Crippen LogP contribution in [0.5, 0.6) is 0 Å². The number of hydrogen-bond acceptors (Lipinski definition) is 3. The molecule has 1 rings (SSSR count). The zero-order valence-corrected chi connectivity index (χ0v) is 12.6. The van der Waals surface area contributed by atoms with E-state index in [0.29, 0.717) is 0 Å². The lowest BCUT2D eigenvalue weighted by molar-refractivity contribution is -0.115. The van der Waals surface area contributed by atoms with Gasteiger partial charge in [-0.1, -0.05) is 20.8 Å². The normalized spacial score (nSPS) is 17.0. The first-order chi connectivity index (χ1) is 7.72. The van der Waals surface area contributed by atoms with Crippen LogP contribution in [-0.2, 0) is 14.0 Å². The number of ether oxygens (including phenoxy) is 1. The van der Waals surface area contributed by atoms with Gasteiger partial charge in [0.15, 0.2) is 20.7 Å². The summed E-state index contributed by atoms with van der Waals surface area (Å²) in [7, 11) is -1.62. The van der Waals surface area contributed by atoms with Crippen LogP contribution >= 0.6 is 0 Å². The number of carbonyl (C=O) groups is 1. The maximum Gasteiger partial charge on any atom is 0.196 e. The van der Waals surface area contributed by atoms with Crippen LogP contribution < -0.4 is 0 Å². The number of rotatable bonds is 5. The molecular formula is C13H24O3Si. The summed E-state index contributed by atoms with van der Waals surface area (Å²) < 4.78 is 11.3. The Hall–Kier alpha value is -0.613. The van der Waals surface area contributed by atoms with Crippen molar-refractivity contribution in [3.63, 3.8) is 0 Å². The lowest BCUT2D eigenvalue weighted by Crippen LogP contribution is -2.40. The van der Waals surface area contributed by atoms with Crippen LogP contribution in [0.15, 0.2) is 11.8 Å². The molecule has 0 aliphatic carbocycles. The molecule has 0 saturated carbocycles. The SMILES string of the molecule is CC(C)(C)[Si](C)(C)OCCCC1=CC(=O)CO1. The van der Waals surface area contributed by atoms with E-state index in [2.05, 4.69) is 33.9 Å². The van der Waals surface area contributed by atoms with Gasteiger partial charge in [0.05, 0.1) is 0 Å². The van der Waals surface area contributed by atoms with Crippen molar-refractivity contribution in [3.05, 3.63) is 11.8 Å². The van der Waals surface area contributed by atoms with Crippen LogP contribution in [0.3, 0.4) is 0 Å². The number of ketones is 1. The molecule has 1 aliphatic heterocycles. The molecule has 0 atom stereocenters. The Labute approximate surface area is 105 Å². The molecule has 1 heterocycles. The van der Waals surface area contributed by atoms with Crippen molar-refractivity contribution in [2.45, 2.75) is 51.7 Å². The Morgan fingerprint density at radius 3 is 2.53 bits per heavy atom. The highest BCUT2D eigenvalue weighted by Gasteiger charge is 2.36. The summed E-state index contributed by atoms with van der Waals surface area (Å²) in [5.41, 5.74) is 0. The third-order valence-corrected chi connectivity index (χ3v) is 8.10. The lowest BCUT2D eigenvalue weighted by Gasteiger charge is -2.36. The maximum atomic E-state index is 11.0. The van der Waals surface area contributed by atoms with Gasteiger partial charge in [0.25, 0.3) is 0 Å². The minimum Gasteiger partial charge on any atom is -0.490 e. The van der Waals surface area contributed by atoms with Gasteiger partial charge in [-0.25, -0.2) is 0 Å². The zero-order valence-electron chi connectivity index (χ0n) is 11.6. The second kappa shape index (κ2) is 5.36. The van der Waals surface area contributed by atoms with E-state index in [1.54, 1.807) is 6.08 Å². The zero-order chi connectivity index (χ0) is 13.1. The molecule has 0 bridgehead atoms. The van der Waals surface area contributed by atoms with Gasteiger partial charge in [-0.05, 0) is 24.6 Å². The highest BCUT2D eigenvalue weighted by molar-refractivity contribution is 6.74. The summed E-state index contributed by atoms with van der Waals surface area (Å²) in [5, 5.41) is 0.256. The highest BCUT2D eigenvalue weighted by atomic mass is 28.4. The lowest BCUT2D eigenvalue weighted by atomic mass is 10.2. The van der Waals surface area contributed by atoms with E-state index in [0.717, 1.165) is 25.2 Å². The standard InChI is InChI=1S/C13H24O3Si/c1-13(2,3)17(4,5)16-8-6-7-12-9-11(14)10-15-12/h9H,6-8,10H2,1-5H3. The molecule has 17 heavy (non-hydrogen) atoms. The Morgan fingerprint density at radius 2 is 2.06 bits per heavy atom. The van der Waals surface area contributed by atoms with E-state index in [1.807, 2.05) is 0 Å². The van der Waals surface area contributed by atoms with Crippen LogP contribution in [0.25, 0.3) is 0 Å². The number of carbonyl (C=O) groups excluding carboxylic acids is 1. The fourth-order valence-corrected chi connectivity index (χ4v) is 2.45. The highest BCUT2D eigenvalue weighted by Crippen LogP contribution is 2.36. The molecule has 0 aromatic heterocycles. The van der Waals surface area contributed by atoms with Crippen molar-refractivity contribution in [3.8, 4) is 0 Å². The van der Waals surface area contributed by atoms with Crippen molar-refractivity contribution in [2.24, 2.45) is 0 Å². The van der Waals surface area contributed by atoms with Gasteiger partial charge in [0, 0.05) is 19.1 Å². The Bertz CT molecular complexity index is 313. The van der Waals surface area contributed by atoms with Crippen molar-refractivity contribution < 1.29 is 14.0 Å². The molecule has 0 spiro atoms. The molecule has 0 fully saturated rings. The first kappa shape index (κ1) is 14.4. The minimum atomic E-state index is -1.62. The summed E-state index contributed by atoms with van der Waals surface area (Å²) in [6.07, 6.45) is 3.33. The van der Waals surface area contributed by atoms with Crippen LogP contribution in [0, 0.1) is 0 Å². The fourth-order valence-electron chi connectivity index (χ4n) is 1.36. The third kappa shape index (κ3) is 4.28. The molecule has 0 radical (unpaired) electrons. The average molecular weight is 256 g/mol. The summed E-state index contributed by atoms with van der Waals surface area (Å²) in [6, 6.07) is 0. The molecule has 0 aromatic rings. The molecule has 4 heteroatoms. The van der Waals surface area contributed by atoms with Gasteiger partial charge in [-0.3, -0.25) is 4.79 Å². The monoisotopic (exact) mass is 256 g/mol. The number of hydrogen-bond donors (Lipinski definition) is 0. The van der Waals surface area contributed by atoms with E-state index in [1.165, 1.54) is 0 Å². The number of allylic oxidation sites excluding steroid dienone is 1. The van der Waals surface area contributed by atoms with Gasteiger partial charge in [-0.15, -0.1) is 0 Å². The van der Waals surface area contributed by atoms with Crippen molar-refractivity contribution in [1.82, 2.24) is 0 Å². The second-order valence-corrected chi connectivity index (χ2v) is 10.9. The predicted molar refractivity (Wildman–Crippen MR) is 71.4 cm³/mol. The van der Waals surface area contributed by atoms with Crippen LogP contribution in [0.2, 0.25) is 18.1 Å². The van der Waals surface area contributed by atoms with E-state index in [4.69, 9.17) is 9.16 Å². The minimum absolute atomic E-state index is 0.0744. The van der Waals surface area contributed by atoms with Gasteiger partial charge >= 0.3 is 0 Å². The second-order valence-electron chi connectivity index (χ2n) is 6.08. The fraction of sp³-hybridized carbons (Fsp3) is 0.769. The van der Waals surface area contributed by atoms with E-state index < -0.39 is 8.32 Å². The van der Waals surface area contributed by atoms with E-state index in [-0.39, 0.29) is 17.4 Å². The molecule has 98 valence electrons. The van der Waals surface area contributed by atoms with Crippen LogP contribution in [0.4, 0.5) is 0 Å². The summed E-state index contributed by atoms with van der Waals surface area (Å²) >= 11 is 0. The van der Waals surface area contributed by atoms with Gasteiger partial charge < -0.3 is 9.16 Å². The first-order valence-corrected chi connectivity index (χ1v) is 9.13. The van der Waals surface area contributed by atoms with Crippen LogP contribution in [0.1, 0.15) is 33.6 Å². The predicted octanol–water partition coefficient (Wildman–Crippen LogP) is 3.27. The molecule has 3 nitrogen and oxygen atoms in total. The summed E-state index contributed by atoms with van der Waals surface area (Å²) in [4.78, 5) is 11.0. The topological polar surface area (TPSA) is 35.5 Å². The van der Waals surface area contributed by atoms with Gasteiger partial charge in [0.1, 0.15) is 5.76 Å².